The van der Waals surface area contributed by atoms with Crippen LogP contribution in [0.15, 0.2) is 18.5 Å². The summed E-state index contributed by atoms with van der Waals surface area (Å²) in [6, 6.07) is 1.80. The van der Waals surface area contributed by atoms with Crippen LogP contribution in [-0.4, -0.2) is 16.2 Å². The molecule has 1 aliphatic rings. The van der Waals surface area contributed by atoms with E-state index in [0.29, 0.717) is 12.3 Å². The first-order valence-electron chi connectivity index (χ1n) is 7.07. The summed E-state index contributed by atoms with van der Waals surface area (Å²) in [5, 5.41) is 10.4. The van der Waals surface area contributed by atoms with Crippen molar-refractivity contribution in [1.29, 1.82) is 0 Å². The van der Waals surface area contributed by atoms with Gasteiger partial charge in [-0.3, -0.25) is 4.98 Å². The number of aliphatic hydroxyl groups is 1. The minimum absolute atomic E-state index is 0.272. The quantitative estimate of drug-likeness (QED) is 0.861. The van der Waals surface area contributed by atoms with Crippen molar-refractivity contribution < 1.29 is 5.11 Å². The van der Waals surface area contributed by atoms with Crippen molar-refractivity contribution in [2.75, 3.05) is 5.73 Å². The van der Waals surface area contributed by atoms with Crippen molar-refractivity contribution in [3.63, 3.8) is 0 Å². The Balaban J connectivity index is 1.95. The smallest absolute Gasteiger partial charge is 0.0610 e. The van der Waals surface area contributed by atoms with Crippen molar-refractivity contribution >= 4 is 5.69 Å². The second-order valence-corrected chi connectivity index (χ2v) is 5.55. The fourth-order valence-electron chi connectivity index (χ4n) is 3.05. The summed E-state index contributed by atoms with van der Waals surface area (Å²) < 4.78 is 0. The number of hydrogen-bond donors (Lipinski definition) is 2. The fourth-order valence-corrected chi connectivity index (χ4v) is 3.05. The maximum Gasteiger partial charge on any atom is 0.0610 e. The van der Waals surface area contributed by atoms with Gasteiger partial charge < -0.3 is 10.8 Å². The molecule has 1 aromatic heterocycles. The van der Waals surface area contributed by atoms with E-state index in [9.17, 15) is 5.11 Å². The number of anilines is 1. The van der Waals surface area contributed by atoms with E-state index in [1.54, 1.807) is 18.5 Å². The van der Waals surface area contributed by atoms with E-state index in [0.717, 1.165) is 30.0 Å². The van der Waals surface area contributed by atoms with Crippen LogP contribution < -0.4 is 5.73 Å². The minimum atomic E-state index is -0.272. The highest BCUT2D eigenvalue weighted by Gasteiger charge is 2.26. The summed E-state index contributed by atoms with van der Waals surface area (Å²) in [6.45, 7) is 2.25. The molecular weight excluding hydrogens is 224 g/mol. The molecule has 1 heterocycles. The van der Waals surface area contributed by atoms with Gasteiger partial charge in [0.25, 0.3) is 0 Å². The third-order valence-electron chi connectivity index (χ3n) is 4.32. The zero-order valence-electron chi connectivity index (χ0n) is 11.2. The Morgan fingerprint density at radius 1 is 1.50 bits per heavy atom. The largest absolute Gasteiger partial charge is 0.398 e. The van der Waals surface area contributed by atoms with Gasteiger partial charge >= 0.3 is 0 Å². The van der Waals surface area contributed by atoms with Gasteiger partial charge in [-0.15, -0.1) is 0 Å². The molecule has 0 amide bonds. The minimum Gasteiger partial charge on any atom is -0.398 e. The zero-order chi connectivity index (χ0) is 13.0. The van der Waals surface area contributed by atoms with E-state index in [1.165, 1.54) is 19.3 Å². The number of aliphatic hydroxyl groups excluding tert-OH is 1. The fraction of sp³-hybridized carbons (Fsp3) is 0.667. The molecule has 1 aromatic rings. The molecule has 1 saturated carbocycles. The van der Waals surface area contributed by atoms with E-state index in [-0.39, 0.29) is 6.10 Å². The molecule has 0 bridgehead atoms. The number of hydrogen-bond acceptors (Lipinski definition) is 3. The zero-order valence-corrected chi connectivity index (χ0v) is 11.2. The van der Waals surface area contributed by atoms with Crippen LogP contribution in [0.2, 0.25) is 0 Å². The maximum absolute atomic E-state index is 10.4. The first-order valence-corrected chi connectivity index (χ1v) is 7.07. The maximum atomic E-state index is 10.4. The highest BCUT2D eigenvalue weighted by Crippen LogP contribution is 2.34. The standard InChI is InChI=1S/C15H24N2O/c1-2-11-4-3-5-12(8-11)15(18)9-13-10-17-7-6-14(13)16/h6-7,10-12,15,18H,2-5,8-9H2,1H3,(H2,16,17). The first kappa shape index (κ1) is 13.3. The molecule has 3 heteroatoms. The topological polar surface area (TPSA) is 59.1 Å². The third-order valence-corrected chi connectivity index (χ3v) is 4.32. The van der Waals surface area contributed by atoms with Crippen LogP contribution in [0.5, 0.6) is 0 Å². The van der Waals surface area contributed by atoms with Crippen molar-refractivity contribution in [3.8, 4) is 0 Å². The van der Waals surface area contributed by atoms with Crippen molar-refractivity contribution in [3.05, 3.63) is 24.0 Å². The monoisotopic (exact) mass is 248 g/mol. The number of rotatable bonds is 4. The molecule has 0 saturated heterocycles. The van der Waals surface area contributed by atoms with Crippen molar-refractivity contribution in [2.45, 2.75) is 51.6 Å². The number of nitrogens with zero attached hydrogens (tertiary/aromatic N) is 1. The molecule has 0 radical (unpaired) electrons. The predicted octanol–water partition coefficient (Wildman–Crippen LogP) is 2.78. The lowest BCUT2D eigenvalue weighted by atomic mass is 9.76. The summed E-state index contributed by atoms with van der Waals surface area (Å²) >= 11 is 0. The summed E-state index contributed by atoms with van der Waals surface area (Å²) in [5.41, 5.74) is 7.62. The molecule has 3 unspecified atom stereocenters. The number of pyridine rings is 1. The van der Waals surface area contributed by atoms with Gasteiger partial charge in [0.15, 0.2) is 0 Å². The van der Waals surface area contributed by atoms with Gasteiger partial charge in [0.2, 0.25) is 0 Å². The molecule has 2 rings (SSSR count). The van der Waals surface area contributed by atoms with Crippen LogP contribution in [0.1, 0.15) is 44.6 Å². The SMILES string of the molecule is CCC1CCCC(C(O)Cc2cnccc2N)C1. The van der Waals surface area contributed by atoms with E-state index in [4.69, 9.17) is 5.73 Å². The van der Waals surface area contributed by atoms with Gasteiger partial charge in [-0.2, -0.15) is 0 Å². The lowest BCUT2D eigenvalue weighted by Gasteiger charge is -2.31. The van der Waals surface area contributed by atoms with Gasteiger partial charge in [0, 0.05) is 24.5 Å². The molecule has 0 aromatic carbocycles. The highest BCUT2D eigenvalue weighted by molar-refractivity contribution is 5.44. The van der Waals surface area contributed by atoms with Crippen LogP contribution in [0.4, 0.5) is 5.69 Å². The Hall–Kier alpha value is -1.09. The average Bonchev–Trinajstić information content (AvgIpc) is 2.41. The van der Waals surface area contributed by atoms with Crippen molar-refractivity contribution in [2.24, 2.45) is 11.8 Å². The van der Waals surface area contributed by atoms with Crippen LogP contribution in [0, 0.1) is 11.8 Å². The molecular formula is C15H24N2O. The second kappa shape index (κ2) is 6.19. The van der Waals surface area contributed by atoms with Gasteiger partial charge in [-0.1, -0.05) is 26.2 Å². The normalized spacial score (nSPS) is 25.9. The van der Waals surface area contributed by atoms with Crippen LogP contribution in [0.25, 0.3) is 0 Å². The predicted molar refractivity (Wildman–Crippen MR) is 74.1 cm³/mol. The second-order valence-electron chi connectivity index (χ2n) is 5.55. The van der Waals surface area contributed by atoms with Gasteiger partial charge in [-0.25, -0.2) is 0 Å². The van der Waals surface area contributed by atoms with Gasteiger partial charge in [0.1, 0.15) is 0 Å². The molecule has 100 valence electrons. The van der Waals surface area contributed by atoms with Crippen LogP contribution in [0.3, 0.4) is 0 Å². The lowest BCUT2D eigenvalue weighted by Crippen LogP contribution is -2.28. The molecule has 18 heavy (non-hydrogen) atoms. The van der Waals surface area contributed by atoms with Crippen LogP contribution >= 0.6 is 0 Å². The van der Waals surface area contributed by atoms with E-state index in [1.807, 2.05) is 0 Å². The first-order chi connectivity index (χ1) is 8.70. The molecule has 3 N–H and O–H groups in total. The van der Waals surface area contributed by atoms with E-state index in [2.05, 4.69) is 11.9 Å². The summed E-state index contributed by atoms with van der Waals surface area (Å²) in [7, 11) is 0. The molecule has 0 aliphatic heterocycles. The average molecular weight is 248 g/mol. The van der Waals surface area contributed by atoms with E-state index >= 15 is 0 Å². The number of aromatic nitrogens is 1. The Morgan fingerprint density at radius 3 is 3.06 bits per heavy atom. The van der Waals surface area contributed by atoms with Crippen LogP contribution in [-0.2, 0) is 6.42 Å². The lowest BCUT2D eigenvalue weighted by molar-refractivity contribution is 0.0685. The molecule has 3 atom stereocenters. The molecule has 1 aliphatic carbocycles. The summed E-state index contributed by atoms with van der Waals surface area (Å²) in [4.78, 5) is 4.08. The summed E-state index contributed by atoms with van der Waals surface area (Å²) in [6.07, 6.45) is 9.97. The Kier molecular flexibility index (Phi) is 4.59. The summed E-state index contributed by atoms with van der Waals surface area (Å²) in [5.74, 6) is 1.23. The molecule has 3 nitrogen and oxygen atoms in total. The Labute approximate surface area is 109 Å². The van der Waals surface area contributed by atoms with E-state index < -0.39 is 0 Å². The van der Waals surface area contributed by atoms with Gasteiger partial charge in [-0.05, 0) is 36.3 Å². The number of nitrogen functional groups attached to an aromatic ring is 1. The molecule has 1 fully saturated rings. The molecule has 0 spiro atoms. The highest BCUT2D eigenvalue weighted by atomic mass is 16.3. The van der Waals surface area contributed by atoms with Crippen molar-refractivity contribution in [1.82, 2.24) is 4.98 Å². The Bertz CT molecular complexity index is 381. The third kappa shape index (κ3) is 3.22. The van der Waals surface area contributed by atoms with Gasteiger partial charge in [0.05, 0.1) is 6.10 Å². The number of nitrogens with two attached hydrogens (primary N) is 1. The Morgan fingerprint density at radius 2 is 2.33 bits per heavy atom.